The van der Waals surface area contributed by atoms with Gasteiger partial charge in [-0.25, -0.2) is 0 Å². The maximum Gasteiger partial charge on any atom is 0.294 e. The summed E-state index contributed by atoms with van der Waals surface area (Å²) >= 11 is 0. The molecule has 1 aromatic carbocycles. The SMILES string of the molecule is COc1ccc(OCCO[N+](=O)[O-])cc1NC(=O)CCN1CCOCC1. The molecule has 1 saturated heterocycles. The number of anilines is 1. The first-order valence-corrected chi connectivity index (χ1v) is 8.26. The minimum atomic E-state index is -0.877. The summed E-state index contributed by atoms with van der Waals surface area (Å²) in [7, 11) is 1.50. The standard InChI is InChI=1S/C16H23N3O7/c1-23-15-3-2-13(25-10-11-26-19(21)22)12-14(15)17-16(20)4-5-18-6-8-24-9-7-18/h2-3,12H,4-11H2,1H3,(H,17,20). The van der Waals surface area contributed by atoms with E-state index in [2.05, 4.69) is 15.1 Å². The summed E-state index contributed by atoms with van der Waals surface area (Å²) in [5, 5.41) is 12.0. The Kier molecular flexibility index (Phi) is 7.90. The van der Waals surface area contributed by atoms with Crippen molar-refractivity contribution < 1.29 is 28.9 Å². The molecule has 1 heterocycles. The van der Waals surface area contributed by atoms with E-state index in [-0.39, 0.29) is 19.1 Å². The van der Waals surface area contributed by atoms with E-state index in [0.29, 0.717) is 43.4 Å². The van der Waals surface area contributed by atoms with Crippen LogP contribution in [0.4, 0.5) is 5.69 Å². The van der Waals surface area contributed by atoms with Gasteiger partial charge in [0.2, 0.25) is 5.91 Å². The third-order valence-corrected chi connectivity index (χ3v) is 3.75. The van der Waals surface area contributed by atoms with Crippen molar-refractivity contribution in [1.29, 1.82) is 0 Å². The van der Waals surface area contributed by atoms with Crippen LogP contribution in [0.25, 0.3) is 0 Å². The van der Waals surface area contributed by atoms with E-state index >= 15 is 0 Å². The van der Waals surface area contributed by atoms with Crippen LogP contribution >= 0.6 is 0 Å². The average molecular weight is 369 g/mol. The summed E-state index contributed by atoms with van der Waals surface area (Å²) in [5.41, 5.74) is 0.479. The molecule has 1 aliphatic rings. The minimum Gasteiger partial charge on any atom is -0.495 e. The van der Waals surface area contributed by atoms with Crippen LogP contribution in [-0.2, 0) is 14.4 Å². The number of rotatable bonds is 10. The van der Waals surface area contributed by atoms with E-state index in [1.54, 1.807) is 18.2 Å². The lowest BCUT2D eigenvalue weighted by atomic mass is 10.2. The molecule has 0 aliphatic carbocycles. The summed E-state index contributed by atoms with van der Waals surface area (Å²) in [6.45, 7) is 3.52. The minimum absolute atomic E-state index is 0.0116. The Morgan fingerprint density at radius 2 is 2.12 bits per heavy atom. The fourth-order valence-electron chi connectivity index (χ4n) is 2.44. The highest BCUT2D eigenvalue weighted by Crippen LogP contribution is 2.29. The normalized spacial score (nSPS) is 14.5. The topological polar surface area (TPSA) is 112 Å². The van der Waals surface area contributed by atoms with E-state index in [9.17, 15) is 14.9 Å². The molecule has 1 N–H and O–H groups in total. The number of hydrogen-bond acceptors (Lipinski definition) is 8. The fraction of sp³-hybridized carbons (Fsp3) is 0.562. The monoisotopic (exact) mass is 369 g/mol. The van der Waals surface area contributed by atoms with Gasteiger partial charge in [0, 0.05) is 32.1 Å². The highest BCUT2D eigenvalue weighted by molar-refractivity contribution is 5.92. The van der Waals surface area contributed by atoms with Gasteiger partial charge in [0.25, 0.3) is 5.09 Å². The fourth-order valence-corrected chi connectivity index (χ4v) is 2.44. The Bertz CT molecular complexity index is 606. The number of carbonyl (C=O) groups excluding carboxylic acids is 1. The zero-order valence-corrected chi connectivity index (χ0v) is 14.6. The summed E-state index contributed by atoms with van der Waals surface area (Å²) in [6.07, 6.45) is 0.352. The number of hydrogen-bond donors (Lipinski definition) is 1. The molecule has 1 aromatic rings. The van der Waals surface area contributed by atoms with Crippen LogP contribution in [0, 0.1) is 10.1 Å². The van der Waals surface area contributed by atoms with E-state index in [4.69, 9.17) is 14.2 Å². The Labute approximate surface area is 151 Å². The molecule has 0 atom stereocenters. The van der Waals surface area contributed by atoms with Crippen LogP contribution < -0.4 is 14.8 Å². The molecule has 0 radical (unpaired) electrons. The van der Waals surface area contributed by atoms with E-state index in [1.807, 2.05) is 0 Å². The molecule has 0 spiro atoms. The van der Waals surface area contributed by atoms with Crippen molar-refractivity contribution in [3.05, 3.63) is 28.3 Å². The van der Waals surface area contributed by atoms with E-state index in [0.717, 1.165) is 13.1 Å². The Morgan fingerprint density at radius 3 is 2.81 bits per heavy atom. The van der Waals surface area contributed by atoms with Gasteiger partial charge in [-0.15, -0.1) is 10.1 Å². The van der Waals surface area contributed by atoms with E-state index in [1.165, 1.54) is 7.11 Å². The van der Waals surface area contributed by atoms with Crippen molar-refractivity contribution in [3.8, 4) is 11.5 Å². The van der Waals surface area contributed by atoms with Crippen molar-refractivity contribution in [3.63, 3.8) is 0 Å². The molecular formula is C16H23N3O7. The number of nitrogens with zero attached hydrogens (tertiary/aromatic N) is 2. The van der Waals surface area contributed by atoms with Gasteiger partial charge < -0.3 is 24.4 Å². The van der Waals surface area contributed by atoms with Gasteiger partial charge in [-0.3, -0.25) is 9.69 Å². The molecule has 1 aliphatic heterocycles. The molecule has 0 saturated carbocycles. The van der Waals surface area contributed by atoms with Gasteiger partial charge in [-0.05, 0) is 12.1 Å². The molecule has 1 amide bonds. The molecule has 10 nitrogen and oxygen atoms in total. The number of benzene rings is 1. The lowest BCUT2D eigenvalue weighted by Crippen LogP contribution is -2.38. The summed E-state index contributed by atoms with van der Waals surface area (Å²) < 4.78 is 15.9. The molecular weight excluding hydrogens is 346 g/mol. The third-order valence-electron chi connectivity index (χ3n) is 3.75. The second-order valence-corrected chi connectivity index (χ2v) is 5.52. The zero-order valence-electron chi connectivity index (χ0n) is 14.6. The number of nitrogens with one attached hydrogen (secondary N) is 1. The van der Waals surface area contributed by atoms with Crippen LogP contribution in [0.1, 0.15) is 6.42 Å². The molecule has 0 aromatic heterocycles. The highest BCUT2D eigenvalue weighted by atomic mass is 17.0. The van der Waals surface area contributed by atoms with Gasteiger partial charge in [0.15, 0.2) is 0 Å². The summed E-state index contributed by atoms with van der Waals surface area (Å²) in [6, 6.07) is 4.91. The zero-order chi connectivity index (χ0) is 18.8. The molecule has 1 fully saturated rings. The number of amides is 1. The maximum atomic E-state index is 12.2. The number of morpholine rings is 1. The third kappa shape index (κ3) is 6.73. The van der Waals surface area contributed by atoms with Crippen molar-refractivity contribution in [2.75, 3.05) is 58.5 Å². The first-order valence-electron chi connectivity index (χ1n) is 8.26. The van der Waals surface area contributed by atoms with Crippen LogP contribution in [0.5, 0.6) is 11.5 Å². The first-order chi connectivity index (χ1) is 12.6. The van der Waals surface area contributed by atoms with Crippen molar-refractivity contribution in [1.82, 2.24) is 4.90 Å². The smallest absolute Gasteiger partial charge is 0.294 e. The van der Waals surface area contributed by atoms with Gasteiger partial charge in [0.1, 0.15) is 24.7 Å². The molecule has 2 rings (SSSR count). The maximum absolute atomic E-state index is 12.2. The molecule has 0 unspecified atom stereocenters. The van der Waals surface area contributed by atoms with Crippen molar-refractivity contribution in [2.45, 2.75) is 6.42 Å². The molecule has 0 bridgehead atoms. The van der Waals surface area contributed by atoms with Crippen molar-refractivity contribution in [2.24, 2.45) is 0 Å². The van der Waals surface area contributed by atoms with Crippen LogP contribution in [0.3, 0.4) is 0 Å². The van der Waals surface area contributed by atoms with E-state index < -0.39 is 5.09 Å². The van der Waals surface area contributed by atoms with Gasteiger partial charge in [-0.2, -0.15) is 0 Å². The number of methoxy groups -OCH3 is 1. The lowest BCUT2D eigenvalue weighted by Gasteiger charge is -2.26. The average Bonchev–Trinajstić information content (AvgIpc) is 2.64. The highest BCUT2D eigenvalue weighted by Gasteiger charge is 2.14. The van der Waals surface area contributed by atoms with Crippen LogP contribution in [0.15, 0.2) is 18.2 Å². The summed E-state index contributed by atoms with van der Waals surface area (Å²) in [4.78, 5) is 28.7. The molecule has 26 heavy (non-hydrogen) atoms. The predicted molar refractivity (Wildman–Crippen MR) is 91.9 cm³/mol. The van der Waals surface area contributed by atoms with Crippen molar-refractivity contribution >= 4 is 11.6 Å². The van der Waals surface area contributed by atoms with Crippen LogP contribution in [0.2, 0.25) is 0 Å². The van der Waals surface area contributed by atoms with Gasteiger partial charge >= 0.3 is 0 Å². The second-order valence-electron chi connectivity index (χ2n) is 5.52. The van der Waals surface area contributed by atoms with Crippen LogP contribution in [-0.4, -0.2) is 69.1 Å². The first kappa shape index (κ1) is 19.7. The largest absolute Gasteiger partial charge is 0.495 e. The lowest BCUT2D eigenvalue weighted by molar-refractivity contribution is -0.757. The van der Waals surface area contributed by atoms with Gasteiger partial charge in [0.05, 0.1) is 26.0 Å². The number of ether oxygens (including phenoxy) is 3. The predicted octanol–water partition coefficient (Wildman–Crippen LogP) is 0.943. The second kappa shape index (κ2) is 10.4. The Morgan fingerprint density at radius 1 is 1.35 bits per heavy atom. The summed E-state index contributed by atoms with van der Waals surface area (Å²) in [5.74, 6) is 0.809. The Hall–Kier alpha value is -2.59. The molecule has 144 valence electrons. The quantitative estimate of drug-likeness (QED) is 0.368. The van der Waals surface area contributed by atoms with Gasteiger partial charge in [-0.1, -0.05) is 0 Å². The Balaban J connectivity index is 1.85. The molecule has 10 heteroatoms. The number of carbonyl (C=O) groups is 1.